The van der Waals surface area contributed by atoms with Gasteiger partial charge in [0.15, 0.2) is 0 Å². The van der Waals surface area contributed by atoms with Crippen molar-refractivity contribution in [3.63, 3.8) is 0 Å². The second-order valence-corrected chi connectivity index (χ2v) is 4.73. The molecule has 0 amide bonds. The molecule has 0 aromatic heterocycles. The average Bonchev–Trinajstić information content (AvgIpc) is 2.64. The summed E-state index contributed by atoms with van der Waals surface area (Å²) in [5.74, 6) is 0. The average molecular weight is 305 g/mol. The van der Waals surface area contributed by atoms with Gasteiger partial charge in [-0.15, -0.1) is 0 Å². The van der Waals surface area contributed by atoms with Crippen molar-refractivity contribution in [2.75, 3.05) is 0 Å². The summed E-state index contributed by atoms with van der Waals surface area (Å²) in [6.45, 7) is 2.25. The second kappa shape index (κ2) is 6.10. The van der Waals surface area contributed by atoms with Gasteiger partial charge in [-0.05, 0) is 0 Å². The molecule has 0 heterocycles. The van der Waals surface area contributed by atoms with E-state index in [0.29, 0.717) is 0 Å². The van der Waals surface area contributed by atoms with Crippen molar-refractivity contribution in [1.82, 2.24) is 0 Å². The largest absolute Gasteiger partial charge is 1.00 e. The number of allylic oxidation sites excluding steroid dienone is 8. The van der Waals surface area contributed by atoms with E-state index in [2.05, 4.69) is 31.2 Å². The molecule has 14 heavy (non-hydrogen) atoms. The van der Waals surface area contributed by atoms with Crippen LogP contribution in [0, 0.1) is 0 Å². The minimum Gasteiger partial charge on any atom is -1.00 e. The third-order valence-electron chi connectivity index (χ3n) is 2.48. The molecule has 2 rings (SSSR count). The molecule has 0 atom stereocenters. The molecule has 0 fully saturated rings. The van der Waals surface area contributed by atoms with Gasteiger partial charge in [0.05, 0.1) is 0 Å². The first-order valence-corrected chi connectivity index (χ1v) is 5.50. The first-order chi connectivity index (χ1) is 5.79. The Kier molecular flexibility index (Phi) is 6.29. The summed E-state index contributed by atoms with van der Waals surface area (Å²) >= 11 is 1.58. The smallest absolute Gasteiger partial charge is 1.00 e. The Balaban J connectivity index is 0.000000845. The minimum atomic E-state index is 0. The maximum atomic E-state index is 2.37. The van der Waals surface area contributed by atoms with E-state index in [1.165, 1.54) is 23.1 Å². The Morgan fingerprint density at radius 2 is 1.93 bits per heavy atom. The number of rotatable bonds is 1. The summed E-state index contributed by atoms with van der Waals surface area (Å²) in [5.41, 5.74) is 4.54. The fourth-order valence-corrected chi connectivity index (χ4v) is 2.27. The van der Waals surface area contributed by atoms with Gasteiger partial charge in [0.25, 0.3) is 0 Å². The molecule has 73 valence electrons. The van der Waals surface area contributed by atoms with Crippen LogP contribution in [0.4, 0.5) is 0 Å². The van der Waals surface area contributed by atoms with Crippen molar-refractivity contribution in [2.45, 2.75) is 19.8 Å². The van der Waals surface area contributed by atoms with Crippen LogP contribution in [-0.4, -0.2) is 0 Å². The molecule has 0 N–H and O–H groups in total. The molecule has 0 unspecified atom stereocenters. The minimum absolute atomic E-state index is 0. The zero-order valence-corrected chi connectivity index (χ0v) is 11.9. The molecule has 2 aliphatic carbocycles. The summed E-state index contributed by atoms with van der Waals surface area (Å²) in [4.78, 5) is 0. The van der Waals surface area contributed by atoms with Crippen LogP contribution in [0.15, 0.2) is 44.3 Å². The third kappa shape index (κ3) is 2.72. The van der Waals surface area contributed by atoms with E-state index in [1.807, 2.05) is 0 Å². The Morgan fingerprint density at radius 1 is 1.21 bits per heavy atom. The van der Waals surface area contributed by atoms with Crippen LogP contribution in [0.25, 0.3) is 0 Å². The molecular weight excluding hydrogens is 294 g/mol. The molecule has 0 spiro atoms. The summed E-state index contributed by atoms with van der Waals surface area (Å²) in [7, 11) is 0. The summed E-state index contributed by atoms with van der Waals surface area (Å²) in [6, 6.07) is 0. The first kappa shape index (κ1) is 14.4. The number of halogens is 2. The van der Waals surface area contributed by atoms with Crippen LogP contribution in [0.5, 0.6) is 0 Å². The van der Waals surface area contributed by atoms with Crippen LogP contribution >= 0.6 is 0 Å². The van der Waals surface area contributed by atoms with Crippen LogP contribution in [0.3, 0.4) is 0 Å². The summed E-state index contributed by atoms with van der Waals surface area (Å²) < 4.78 is 1.62. The van der Waals surface area contributed by atoms with Crippen molar-refractivity contribution in [1.29, 1.82) is 0 Å². The van der Waals surface area contributed by atoms with Crippen molar-refractivity contribution in [3.8, 4) is 0 Å². The Labute approximate surface area is 113 Å². The quantitative estimate of drug-likeness (QED) is 0.485. The molecule has 0 nitrogen and oxygen atoms in total. The van der Waals surface area contributed by atoms with E-state index >= 15 is 0 Å². The molecule has 3 heteroatoms. The van der Waals surface area contributed by atoms with Crippen molar-refractivity contribution in [3.05, 3.63) is 44.3 Å². The molecular formula is C11H11Cl2Zr. The fraction of sp³-hybridized carbons (Fsp3) is 0.273. The van der Waals surface area contributed by atoms with Gasteiger partial charge < -0.3 is 24.8 Å². The number of hydrogen-bond donors (Lipinski definition) is 0. The predicted molar refractivity (Wildman–Crippen MR) is 47.2 cm³/mol. The molecule has 0 saturated carbocycles. The molecule has 2 aliphatic rings. The monoisotopic (exact) mass is 303 g/mol. The van der Waals surface area contributed by atoms with Gasteiger partial charge in [-0.25, -0.2) is 0 Å². The van der Waals surface area contributed by atoms with Crippen molar-refractivity contribution in [2.24, 2.45) is 0 Å². The van der Waals surface area contributed by atoms with Gasteiger partial charge in [-0.1, -0.05) is 0 Å². The van der Waals surface area contributed by atoms with Gasteiger partial charge in [0.2, 0.25) is 0 Å². The van der Waals surface area contributed by atoms with E-state index in [1.54, 1.807) is 28.0 Å². The Bertz CT molecular complexity index is 335. The van der Waals surface area contributed by atoms with Crippen LogP contribution in [0.2, 0.25) is 0 Å². The van der Waals surface area contributed by atoms with E-state index in [9.17, 15) is 0 Å². The predicted octanol–water partition coefficient (Wildman–Crippen LogP) is -2.97. The zero-order valence-electron chi connectivity index (χ0n) is 7.98. The van der Waals surface area contributed by atoms with Gasteiger partial charge in [0, 0.05) is 0 Å². The van der Waals surface area contributed by atoms with Crippen LogP contribution in [-0.2, 0) is 24.7 Å². The SMILES string of the molecule is CC1=[C]([Zr+2])CC=C1C1=CC=CC1.[Cl-].[Cl-]. The van der Waals surface area contributed by atoms with Crippen LogP contribution < -0.4 is 24.8 Å². The summed E-state index contributed by atoms with van der Waals surface area (Å²) in [6.07, 6.45) is 11.3. The van der Waals surface area contributed by atoms with Gasteiger partial charge in [-0.2, -0.15) is 0 Å². The molecule has 0 aromatic rings. The first-order valence-electron chi connectivity index (χ1n) is 4.27. The van der Waals surface area contributed by atoms with E-state index in [-0.39, 0.29) is 24.8 Å². The zero-order chi connectivity index (χ0) is 8.55. The standard InChI is InChI=1S/C11H11.2ClH.Zr/c1-9-5-4-8-11(9)10-6-2-3-7-10;;;/h2-3,6,8H,4,7H2,1H3;2*1H;/q;;;+2/p-2. The number of hydrogen-bond acceptors (Lipinski definition) is 0. The Hall–Kier alpha value is 0.423. The molecule has 0 bridgehead atoms. The van der Waals surface area contributed by atoms with Crippen molar-refractivity contribution < 1.29 is 49.5 Å². The summed E-state index contributed by atoms with van der Waals surface area (Å²) in [5, 5.41) is 0. The second-order valence-electron chi connectivity index (χ2n) is 3.25. The molecule has 0 aromatic carbocycles. The van der Waals surface area contributed by atoms with E-state index < -0.39 is 0 Å². The fourth-order valence-electron chi connectivity index (χ4n) is 1.69. The van der Waals surface area contributed by atoms with Gasteiger partial charge in [-0.3, -0.25) is 0 Å². The van der Waals surface area contributed by atoms with Gasteiger partial charge >= 0.3 is 88.8 Å². The van der Waals surface area contributed by atoms with E-state index in [4.69, 9.17) is 0 Å². The molecule has 0 aliphatic heterocycles. The van der Waals surface area contributed by atoms with Crippen molar-refractivity contribution >= 4 is 0 Å². The van der Waals surface area contributed by atoms with Crippen LogP contribution in [0.1, 0.15) is 19.8 Å². The van der Waals surface area contributed by atoms with E-state index in [0.717, 1.165) is 6.42 Å². The Morgan fingerprint density at radius 3 is 2.36 bits per heavy atom. The molecule has 0 radical (unpaired) electrons. The topological polar surface area (TPSA) is 0 Å². The maximum Gasteiger partial charge on any atom is -1.00 e. The normalized spacial score (nSPS) is 18.8. The van der Waals surface area contributed by atoms with Gasteiger partial charge in [0.1, 0.15) is 0 Å². The maximum absolute atomic E-state index is 2.37. The molecule has 0 saturated heterocycles. The third-order valence-corrected chi connectivity index (χ3v) is 3.91.